The summed E-state index contributed by atoms with van der Waals surface area (Å²) < 4.78 is 50.8. The number of aromatic nitrogens is 2. The second-order valence-corrected chi connectivity index (χ2v) is 8.57. The standard InChI is InChI=1S/C19H17FN4O6S/c20-16-5-4-14(31(27,28)24-6-8-29-9-7-24)11-15(16)18(25)21-13-3-1-2-12(10-13)17-22-19(26)30-23-17/h1-5,10-11H,6-9H2,(H,21,25)(H,22,23,26). The first-order valence-electron chi connectivity index (χ1n) is 9.20. The Balaban J connectivity index is 1.59. The van der Waals surface area contributed by atoms with Crippen molar-refractivity contribution in [3.63, 3.8) is 0 Å². The average molecular weight is 448 g/mol. The molecule has 1 aromatic heterocycles. The molecular weight excluding hydrogens is 431 g/mol. The molecule has 1 aliphatic heterocycles. The molecule has 3 aromatic rings. The zero-order chi connectivity index (χ0) is 22.0. The molecule has 2 heterocycles. The van der Waals surface area contributed by atoms with E-state index in [-0.39, 0.29) is 42.7 Å². The van der Waals surface area contributed by atoms with Crippen molar-refractivity contribution < 1.29 is 26.9 Å². The van der Waals surface area contributed by atoms with Gasteiger partial charge in [0.25, 0.3) is 5.91 Å². The van der Waals surface area contributed by atoms with Gasteiger partial charge in [-0.05, 0) is 30.3 Å². The van der Waals surface area contributed by atoms with Gasteiger partial charge in [-0.1, -0.05) is 17.3 Å². The number of aromatic amines is 1. The predicted octanol–water partition coefficient (Wildman–Crippen LogP) is 1.44. The lowest BCUT2D eigenvalue weighted by molar-refractivity contribution is 0.0730. The fraction of sp³-hybridized carbons (Fsp3) is 0.211. The lowest BCUT2D eigenvalue weighted by atomic mass is 10.1. The van der Waals surface area contributed by atoms with E-state index in [0.29, 0.717) is 5.56 Å². The van der Waals surface area contributed by atoms with Crippen LogP contribution >= 0.6 is 0 Å². The first kappa shape index (κ1) is 20.9. The van der Waals surface area contributed by atoms with E-state index in [0.717, 1.165) is 18.2 Å². The van der Waals surface area contributed by atoms with Crippen LogP contribution in [0.1, 0.15) is 10.4 Å². The average Bonchev–Trinajstić information content (AvgIpc) is 3.21. The maximum atomic E-state index is 14.3. The van der Waals surface area contributed by atoms with Gasteiger partial charge < -0.3 is 10.1 Å². The highest BCUT2D eigenvalue weighted by Gasteiger charge is 2.28. The summed E-state index contributed by atoms with van der Waals surface area (Å²) in [7, 11) is -3.89. The Labute approximate surface area is 175 Å². The molecule has 162 valence electrons. The van der Waals surface area contributed by atoms with Gasteiger partial charge in [-0.3, -0.25) is 14.3 Å². The molecule has 1 amide bonds. The van der Waals surface area contributed by atoms with Crippen LogP contribution in [0, 0.1) is 5.82 Å². The number of morpholine rings is 1. The second kappa shape index (κ2) is 8.41. The number of amides is 1. The van der Waals surface area contributed by atoms with E-state index < -0.39 is 33.1 Å². The van der Waals surface area contributed by atoms with Gasteiger partial charge in [0.05, 0.1) is 23.7 Å². The molecule has 4 rings (SSSR count). The first-order chi connectivity index (χ1) is 14.8. The van der Waals surface area contributed by atoms with Gasteiger partial charge in [-0.25, -0.2) is 17.6 Å². The number of carbonyl (C=O) groups excluding carboxylic acids is 1. The van der Waals surface area contributed by atoms with Gasteiger partial charge in [0, 0.05) is 24.3 Å². The summed E-state index contributed by atoms with van der Waals surface area (Å²) in [5.74, 6) is -2.27. The van der Waals surface area contributed by atoms with Gasteiger partial charge in [0.1, 0.15) is 5.82 Å². The summed E-state index contributed by atoms with van der Waals surface area (Å²) in [4.78, 5) is 26.0. The second-order valence-electron chi connectivity index (χ2n) is 6.64. The number of H-pyrrole nitrogens is 1. The lowest BCUT2D eigenvalue weighted by Crippen LogP contribution is -2.40. The summed E-state index contributed by atoms with van der Waals surface area (Å²) in [6, 6.07) is 9.34. The van der Waals surface area contributed by atoms with E-state index >= 15 is 0 Å². The molecule has 12 heteroatoms. The number of hydrogen-bond donors (Lipinski definition) is 2. The van der Waals surface area contributed by atoms with Crippen LogP contribution in [0.5, 0.6) is 0 Å². The van der Waals surface area contributed by atoms with E-state index in [4.69, 9.17) is 4.74 Å². The molecule has 1 aliphatic rings. The van der Waals surface area contributed by atoms with Crippen LogP contribution in [0.2, 0.25) is 0 Å². The van der Waals surface area contributed by atoms with Gasteiger partial charge in [-0.2, -0.15) is 4.31 Å². The number of halogens is 1. The monoisotopic (exact) mass is 448 g/mol. The minimum absolute atomic E-state index is 0.158. The fourth-order valence-electron chi connectivity index (χ4n) is 3.07. The molecule has 0 bridgehead atoms. The number of carbonyl (C=O) groups is 1. The van der Waals surface area contributed by atoms with Crippen molar-refractivity contribution in [3.05, 3.63) is 64.4 Å². The Morgan fingerprint density at radius 2 is 1.94 bits per heavy atom. The Hall–Kier alpha value is -3.35. The maximum absolute atomic E-state index is 14.3. The van der Waals surface area contributed by atoms with E-state index in [9.17, 15) is 22.4 Å². The zero-order valence-electron chi connectivity index (χ0n) is 16.0. The smallest absolute Gasteiger partial charge is 0.379 e. The van der Waals surface area contributed by atoms with Crippen LogP contribution in [0.3, 0.4) is 0 Å². The topological polar surface area (TPSA) is 135 Å². The van der Waals surface area contributed by atoms with Crippen LogP contribution in [0.15, 0.2) is 56.7 Å². The molecule has 0 unspecified atom stereocenters. The summed E-state index contributed by atoms with van der Waals surface area (Å²) in [5.41, 5.74) is 0.314. The number of sulfonamides is 1. The minimum Gasteiger partial charge on any atom is -0.379 e. The molecular formula is C19H17FN4O6S. The summed E-state index contributed by atoms with van der Waals surface area (Å²) >= 11 is 0. The SMILES string of the molecule is O=C(Nc1cccc(-c2noc(=O)[nH]2)c1)c1cc(S(=O)(=O)N2CCOCC2)ccc1F. The highest BCUT2D eigenvalue weighted by atomic mass is 32.2. The maximum Gasteiger partial charge on any atom is 0.439 e. The third kappa shape index (κ3) is 4.40. The van der Waals surface area contributed by atoms with E-state index in [1.807, 2.05) is 0 Å². The van der Waals surface area contributed by atoms with Gasteiger partial charge in [-0.15, -0.1) is 0 Å². The van der Waals surface area contributed by atoms with E-state index in [1.165, 1.54) is 10.4 Å². The van der Waals surface area contributed by atoms with Crippen molar-refractivity contribution in [2.24, 2.45) is 0 Å². The van der Waals surface area contributed by atoms with Gasteiger partial charge in [0.15, 0.2) is 5.82 Å². The number of benzene rings is 2. The highest BCUT2D eigenvalue weighted by molar-refractivity contribution is 7.89. The number of hydrogen-bond acceptors (Lipinski definition) is 7. The first-order valence-corrected chi connectivity index (χ1v) is 10.6. The van der Waals surface area contributed by atoms with Crippen molar-refractivity contribution >= 4 is 21.6 Å². The summed E-state index contributed by atoms with van der Waals surface area (Å²) in [6.45, 7) is 0.887. The number of nitrogens with one attached hydrogen (secondary N) is 2. The zero-order valence-corrected chi connectivity index (χ0v) is 16.8. The molecule has 0 aliphatic carbocycles. The molecule has 0 atom stereocenters. The summed E-state index contributed by atoms with van der Waals surface area (Å²) in [5, 5.41) is 6.08. The quantitative estimate of drug-likeness (QED) is 0.603. The van der Waals surface area contributed by atoms with Crippen LogP contribution in [0.4, 0.5) is 10.1 Å². The molecule has 0 radical (unpaired) electrons. The minimum atomic E-state index is -3.89. The van der Waals surface area contributed by atoms with Gasteiger partial charge in [0.2, 0.25) is 10.0 Å². The number of rotatable bonds is 5. The third-order valence-corrected chi connectivity index (χ3v) is 6.52. The van der Waals surface area contributed by atoms with Crippen molar-refractivity contribution in [1.82, 2.24) is 14.4 Å². The Bertz CT molecular complexity index is 1280. The molecule has 2 aromatic carbocycles. The molecule has 0 spiro atoms. The third-order valence-electron chi connectivity index (χ3n) is 4.62. The highest BCUT2D eigenvalue weighted by Crippen LogP contribution is 2.23. The predicted molar refractivity (Wildman–Crippen MR) is 106 cm³/mol. The fourth-order valence-corrected chi connectivity index (χ4v) is 4.51. The summed E-state index contributed by atoms with van der Waals surface area (Å²) in [6.07, 6.45) is 0. The van der Waals surface area contributed by atoms with Crippen LogP contribution < -0.4 is 11.1 Å². The van der Waals surface area contributed by atoms with E-state index in [2.05, 4.69) is 20.0 Å². The van der Waals surface area contributed by atoms with Crippen molar-refractivity contribution in [2.45, 2.75) is 4.90 Å². The normalized spacial score (nSPS) is 15.0. The Kier molecular flexibility index (Phi) is 5.67. The molecule has 0 saturated carbocycles. The largest absolute Gasteiger partial charge is 0.439 e. The molecule has 31 heavy (non-hydrogen) atoms. The number of nitrogens with zero attached hydrogens (tertiary/aromatic N) is 2. The number of anilines is 1. The van der Waals surface area contributed by atoms with Crippen molar-refractivity contribution in [2.75, 3.05) is 31.6 Å². The van der Waals surface area contributed by atoms with Crippen molar-refractivity contribution in [3.8, 4) is 11.4 Å². The Morgan fingerprint density at radius 3 is 2.65 bits per heavy atom. The molecule has 1 saturated heterocycles. The Morgan fingerprint density at radius 1 is 1.16 bits per heavy atom. The molecule has 1 fully saturated rings. The van der Waals surface area contributed by atoms with E-state index in [1.54, 1.807) is 18.2 Å². The lowest BCUT2D eigenvalue weighted by Gasteiger charge is -2.26. The number of ether oxygens (including phenoxy) is 1. The van der Waals surface area contributed by atoms with Crippen molar-refractivity contribution in [1.29, 1.82) is 0 Å². The van der Waals surface area contributed by atoms with Crippen LogP contribution in [-0.4, -0.2) is 55.1 Å². The molecule has 2 N–H and O–H groups in total. The van der Waals surface area contributed by atoms with Crippen LogP contribution in [0.25, 0.3) is 11.4 Å². The van der Waals surface area contributed by atoms with Crippen LogP contribution in [-0.2, 0) is 14.8 Å². The van der Waals surface area contributed by atoms with Gasteiger partial charge >= 0.3 is 5.76 Å². The molecule has 10 nitrogen and oxygen atoms in total.